The second kappa shape index (κ2) is 9.64. The lowest BCUT2D eigenvalue weighted by molar-refractivity contribution is -0.127. The first kappa shape index (κ1) is 20.3. The van der Waals surface area contributed by atoms with E-state index in [-0.39, 0.29) is 17.7 Å². The molecule has 5 nitrogen and oxygen atoms in total. The molecule has 2 amide bonds. The Balaban J connectivity index is 1.83. The molecule has 1 atom stereocenters. The van der Waals surface area contributed by atoms with Gasteiger partial charge in [0.1, 0.15) is 6.04 Å². The summed E-state index contributed by atoms with van der Waals surface area (Å²) in [5.41, 5.74) is 2.36. The lowest BCUT2D eigenvalue weighted by Crippen LogP contribution is -2.48. The van der Waals surface area contributed by atoms with Crippen molar-refractivity contribution in [3.8, 4) is 0 Å². The number of nitrogens with one attached hydrogen (secondary N) is 2. The number of benzene rings is 2. The van der Waals surface area contributed by atoms with Gasteiger partial charge in [-0.3, -0.25) is 14.6 Å². The minimum atomic E-state index is -0.669. The Morgan fingerprint density at radius 1 is 0.793 bits per heavy atom. The summed E-state index contributed by atoms with van der Waals surface area (Å²) >= 11 is 0. The lowest BCUT2D eigenvalue weighted by Gasteiger charge is -2.25. The van der Waals surface area contributed by atoms with Gasteiger partial charge < -0.3 is 10.6 Å². The minimum absolute atomic E-state index is 0.0807. The van der Waals surface area contributed by atoms with Crippen molar-refractivity contribution in [3.05, 3.63) is 96.3 Å². The van der Waals surface area contributed by atoms with E-state index in [1.807, 2.05) is 74.5 Å². The molecule has 0 aliphatic carbocycles. The van der Waals surface area contributed by atoms with Crippen LogP contribution in [0.15, 0.2) is 85.2 Å². The third kappa shape index (κ3) is 5.29. The van der Waals surface area contributed by atoms with E-state index in [0.29, 0.717) is 5.69 Å². The predicted molar refractivity (Wildman–Crippen MR) is 114 cm³/mol. The van der Waals surface area contributed by atoms with Crippen LogP contribution in [0.3, 0.4) is 0 Å². The van der Waals surface area contributed by atoms with Crippen LogP contribution in [0, 0.1) is 5.92 Å². The molecule has 1 aromatic heterocycles. The Morgan fingerprint density at radius 2 is 1.38 bits per heavy atom. The normalized spacial score (nSPS) is 11.9. The highest BCUT2D eigenvalue weighted by atomic mass is 16.2. The Hall–Kier alpha value is -3.47. The molecule has 148 valence electrons. The molecule has 0 saturated heterocycles. The van der Waals surface area contributed by atoms with Crippen LogP contribution in [-0.4, -0.2) is 22.8 Å². The summed E-state index contributed by atoms with van der Waals surface area (Å²) in [6.07, 6.45) is 3.22. The fraction of sp³-hybridized carbons (Fsp3) is 0.208. The summed E-state index contributed by atoms with van der Waals surface area (Å²) in [5, 5.41) is 5.79. The molecule has 29 heavy (non-hydrogen) atoms. The summed E-state index contributed by atoms with van der Waals surface area (Å²) < 4.78 is 0. The summed E-state index contributed by atoms with van der Waals surface area (Å²) in [7, 11) is 0. The number of carbonyl (C=O) groups is 2. The number of amides is 2. The number of hydrogen-bond donors (Lipinski definition) is 2. The van der Waals surface area contributed by atoms with Gasteiger partial charge in [-0.1, -0.05) is 74.5 Å². The van der Waals surface area contributed by atoms with Gasteiger partial charge in [0, 0.05) is 6.20 Å². The number of rotatable bonds is 7. The van der Waals surface area contributed by atoms with Gasteiger partial charge in [-0.05, 0) is 29.2 Å². The third-order valence-electron chi connectivity index (χ3n) is 4.70. The molecular weight excluding hydrogens is 362 g/mol. The summed E-state index contributed by atoms with van der Waals surface area (Å²) in [4.78, 5) is 30.2. The number of hydrogen-bond acceptors (Lipinski definition) is 3. The summed E-state index contributed by atoms with van der Waals surface area (Å²) in [5.74, 6) is -1.05. The maximum atomic E-state index is 13.3. The van der Waals surface area contributed by atoms with E-state index in [1.165, 1.54) is 0 Å². The van der Waals surface area contributed by atoms with Crippen molar-refractivity contribution in [2.75, 3.05) is 5.32 Å². The maximum Gasteiger partial charge on any atom is 0.247 e. The van der Waals surface area contributed by atoms with E-state index in [4.69, 9.17) is 0 Å². The Bertz CT molecular complexity index is 889. The van der Waals surface area contributed by atoms with Gasteiger partial charge in [0.15, 0.2) is 0 Å². The first-order valence-corrected chi connectivity index (χ1v) is 9.67. The lowest BCUT2D eigenvalue weighted by atomic mass is 9.89. The van der Waals surface area contributed by atoms with Gasteiger partial charge >= 0.3 is 0 Å². The molecule has 2 N–H and O–H groups in total. The molecule has 0 unspecified atom stereocenters. The van der Waals surface area contributed by atoms with Crippen LogP contribution in [0.25, 0.3) is 0 Å². The number of anilines is 1. The Labute approximate surface area is 171 Å². The van der Waals surface area contributed by atoms with Crippen molar-refractivity contribution in [1.82, 2.24) is 10.3 Å². The second-order valence-electron chi connectivity index (χ2n) is 7.22. The largest absolute Gasteiger partial charge is 0.343 e. The van der Waals surface area contributed by atoms with Gasteiger partial charge in [0.05, 0.1) is 17.8 Å². The predicted octanol–water partition coefficient (Wildman–Crippen LogP) is 3.99. The smallest absolute Gasteiger partial charge is 0.247 e. The highest BCUT2D eigenvalue weighted by Crippen LogP contribution is 2.25. The molecule has 0 radical (unpaired) electrons. The standard InChI is InChI=1S/C24H25N3O2/c1-17(2)22(24(29)26-20-14-9-15-25-16-20)27-23(28)21(18-10-5-3-6-11-18)19-12-7-4-8-13-19/h3-17,21-22H,1-2H3,(H,26,29)(H,27,28)/t22-/m1/s1. The van der Waals surface area contributed by atoms with Crippen LogP contribution < -0.4 is 10.6 Å². The van der Waals surface area contributed by atoms with Crippen LogP contribution in [-0.2, 0) is 9.59 Å². The Morgan fingerprint density at radius 3 is 1.86 bits per heavy atom. The molecule has 2 aromatic carbocycles. The number of carbonyl (C=O) groups excluding carboxylic acids is 2. The molecule has 1 heterocycles. The monoisotopic (exact) mass is 387 g/mol. The number of nitrogens with zero attached hydrogens (tertiary/aromatic N) is 1. The zero-order chi connectivity index (χ0) is 20.6. The highest BCUT2D eigenvalue weighted by Gasteiger charge is 2.29. The van der Waals surface area contributed by atoms with Crippen molar-refractivity contribution < 1.29 is 9.59 Å². The molecule has 0 aliphatic rings. The quantitative estimate of drug-likeness (QED) is 0.644. The van der Waals surface area contributed by atoms with Gasteiger partial charge in [0.2, 0.25) is 11.8 Å². The van der Waals surface area contributed by atoms with E-state index in [1.54, 1.807) is 24.5 Å². The zero-order valence-corrected chi connectivity index (χ0v) is 16.6. The van der Waals surface area contributed by atoms with E-state index in [2.05, 4.69) is 15.6 Å². The SMILES string of the molecule is CC(C)[C@@H](NC(=O)C(c1ccccc1)c1ccccc1)C(=O)Nc1cccnc1. The second-order valence-corrected chi connectivity index (χ2v) is 7.22. The van der Waals surface area contributed by atoms with Crippen LogP contribution in [0.5, 0.6) is 0 Å². The van der Waals surface area contributed by atoms with E-state index in [0.717, 1.165) is 11.1 Å². The number of pyridine rings is 1. The molecule has 5 heteroatoms. The van der Waals surface area contributed by atoms with Crippen molar-refractivity contribution >= 4 is 17.5 Å². The average Bonchev–Trinajstić information content (AvgIpc) is 2.74. The molecule has 0 fully saturated rings. The van der Waals surface area contributed by atoms with E-state index in [9.17, 15) is 9.59 Å². The van der Waals surface area contributed by atoms with Gasteiger partial charge in [-0.2, -0.15) is 0 Å². The third-order valence-corrected chi connectivity index (χ3v) is 4.70. The summed E-state index contributed by atoms with van der Waals surface area (Å²) in [6, 6.07) is 22.0. The number of aromatic nitrogens is 1. The molecule has 0 aliphatic heterocycles. The summed E-state index contributed by atoms with van der Waals surface area (Å²) in [6.45, 7) is 3.82. The molecule has 3 aromatic rings. The van der Waals surface area contributed by atoms with Crippen molar-refractivity contribution in [2.24, 2.45) is 5.92 Å². The highest BCUT2D eigenvalue weighted by molar-refractivity contribution is 5.98. The molecule has 0 spiro atoms. The van der Waals surface area contributed by atoms with Crippen molar-refractivity contribution in [3.63, 3.8) is 0 Å². The maximum absolute atomic E-state index is 13.3. The first-order chi connectivity index (χ1) is 14.1. The zero-order valence-electron chi connectivity index (χ0n) is 16.6. The van der Waals surface area contributed by atoms with Crippen molar-refractivity contribution in [2.45, 2.75) is 25.8 Å². The van der Waals surface area contributed by atoms with Crippen LogP contribution in [0.2, 0.25) is 0 Å². The van der Waals surface area contributed by atoms with E-state index < -0.39 is 12.0 Å². The Kier molecular flexibility index (Phi) is 6.74. The topological polar surface area (TPSA) is 71.1 Å². The molecule has 3 rings (SSSR count). The average molecular weight is 387 g/mol. The fourth-order valence-corrected chi connectivity index (χ4v) is 3.21. The fourth-order valence-electron chi connectivity index (χ4n) is 3.21. The molecular formula is C24H25N3O2. The van der Waals surface area contributed by atoms with E-state index >= 15 is 0 Å². The molecule has 0 saturated carbocycles. The van der Waals surface area contributed by atoms with Crippen LogP contribution >= 0.6 is 0 Å². The van der Waals surface area contributed by atoms with Gasteiger partial charge in [0.25, 0.3) is 0 Å². The van der Waals surface area contributed by atoms with Crippen LogP contribution in [0.4, 0.5) is 5.69 Å². The minimum Gasteiger partial charge on any atom is -0.343 e. The van der Waals surface area contributed by atoms with Crippen molar-refractivity contribution in [1.29, 1.82) is 0 Å². The molecule has 0 bridgehead atoms. The van der Waals surface area contributed by atoms with Gasteiger partial charge in [-0.25, -0.2) is 0 Å². The first-order valence-electron chi connectivity index (χ1n) is 9.67. The van der Waals surface area contributed by atoms with Crippen LogP contribution in [0.1, 0.15) is 30.9 Å². The van der Waals surface area contributed by atoms with Gasteiger partial charge in [-0.15, -0.1) is 0 Å².